The highest BCUT2D eigenvalue weighted by Crippen LogP contribution is 2.39. The van der Waals surface area contributed by atoms with Crippen molar-refractivity contribution in [3.8, 4) is 11.3 Å². The van der Waals surface area contributed by atoms with Crippen LogP contribution >= 0.6 is 0 Å². The summed E-state index contributed by atoms with van der Waals surface area (Å²) >= 11 is 0. The maximum atomic E-state index is 14.1. The van der Waals surface area contributed by atoms with E-state index in [2.05, 4.69) is 15.3 Å². The Hall–Kier alpha value is -4.74. The molecule has 3 N–H and O–H groups in total. The third-order valence-corrected chi connectivity index (χ3v) is 6.66. The molecule has 5 rings (SSSR count). The largest absolute Gasteiger partial charge is 0.459 e. The average Bonchev–Trinajstić information content (AvgIpc) is 3.52. The van der Waals surface area contributed by atoms with Gasteiger partial charge in [0, 0.05) is 42.4 Å². The minimum atomic E-state index is -4.73. The van der Waals surface area contributed by atoms with E-state index < -0.39 is 29.2 Å². The second-order valence-corrected chi connectivity index (χ2v) is 10.0. The highest BCUT2D eigenvalue weighted by Gasteiger charge is 2.37. The third-order valence-electron chi connectivity index (χ3n) is 6.66. The number of alkyl halides is 4. The van der Waals surface area contributed by atoms with E-state index in [0.29, 0.717) is 11.4 Å². The lowest BCUT2D eigenvalue weighted by Crippen LogP contribution is -2.31. The molecule has 3 aromatic heterocycles. The standard InChI is InChI=1S/C29H25F4N5O3/c1-28(30)8-9-38(16-28)27(40)18-4-5-23(35-14-18)19-10-20-11-21(41-26(20)22(12-19)29(31,32)33)15-37-25(39)7-3-17-2-6-24(34)36-13-17/h2-7,10-14H,8-9,15-16H2,1H3,(H2,34,36)(H,37,39)/t28-/m1/s1. The zero-order chi connectivity index (χ0) is 29.4. The van der Waals surface area contributed by atoms with Gasteiger partial charge in [-0.15, -0.1) is 0 Å². The second kappa shape index (κ2) is 10.7. The van der Waals surface area contributed by atoms with Crippen molar-refractivity contribution in [3.63, 3.8) is 0 Å². The summed E-state index contributed by atoms with van der Waals surface area (Å²) in [4.78, 5) is 34.4. The highest BCUT2D eigenvalue weighted by atomic mass is 19.4. The van der Waals surface area contributed by atoms with Gasteiger partial charge in [0.15, 0.2) is 0 Å². The minimum absolute atomic E-state index is 0.0289. The fourth-order valence-corrected chi connectivity index (χ4v) is 4.54. The fraction of sp³-hybridized carbons (Fsp3) is 0.241. The maximum Gasteiger partial charge on any atom is 0.420 e. The van der Waals surface area contributed by atoms with Gasteiger partial charge in [-0.1, -0.05) is 0 Å². The molecular formula is C29H25F4N5O3. The molecule has 1 atom stereocenters. The molecule has 1 fully saturated rings. The van der Waals surface area contributed by atoms with Crippen molar-refractivity contribution >= 4 is 34.7 Å². The van der Waals surface area contributed by atoms with Gasteiger partial charge in [0.1, 0.15) is 22.8 Å². The Kier molecular flexibility index (Phi) is 7.24. The van der Waals surface area contributed by atoms with E-state index in [1.807, 2.05) is 0 Å². The summed E-state index contributed by atoms with van der Waals surface area (Å²) in [6.07, 6.45) is 1.04. The van der Waals surface area contributed by atoms with Gasteiger partial charge in [0.2, 0.25) is 5.91 Å². The van der Waals surface area contributed by atoms with Gasteiger partial charge in [-0.05, 0) is 61.0 Å². The summed E-state index contributed by atoms with van der Waals surface area (Å²) in [7, 11) is 0. The van der Waals surface area contributed by atoms with Crippen LogP contribution in [-0.2, 0) is 17.5 Å². The van der Waals surface area contributed by atoms with Crippen LogP contribution in [0.5, 0.6) is 0 Å². The minimum Gasteiger partial charge on any atom is -0.459 e. The number of hydrogen-bond acceptors (Lipinski definition) is 6. The lowest BCUT2D eigenvalue weighted by atomic mass is 10.0. The number of benzene rings is 1. The first-order valence-corrected chi connectivity index (χ1v) is 12.6. The van der Waals surface area contributed by atoms with Gasteiger partial charge < -0.3 is 20.4 Å². The Morgan fingerprint density at radius 2 is 1.95 bits per heavy atom. The molecular weight excluding hydrogens is 542 g/mol. The number of halogens is 4. The number of carbonyl (C=O) groups is 2. The SMILES string of the molecule is C[C@@]1(F)CCN(C(=O)c2ccc(-c3cc(C(F)(F)F)c4oc(CNC(=O)C=Cc5ccc(N)nc5)cc4c3)nc2)C1. The molecule has 1 saturated heterocycles. The van der Waals surface area contributed by atoms with Gasteiger partial charge in [-0.25, -0.2) is 9.37 Å². The first-order chi connectivity index (χ1) is 19.4. The monoisotopic (exact) mass is 567 g/mol. The summed E-state index contributed by atoms with van der Waals surface area (Å²) < 4.78 is 61.6. The van der Waals surface area contributed by atoms with Crippen LogP contribution in [0.3, 0.4) is 0 Å². The molecule has 12 heteroatoms. The summed E-state index contributed by atoms with van der Waals surface area (Å²) in [5.74, 6) is -0.413. The maximum absolute atomic E-state index is 14.1. The molecule has 0 bridgehead atoms. The molecule has 0 saturated carbocycles. The summed E-state index contributed by atoms with van der Waals surface area (Å²) in [5, 5.41) is 2.74. The van der Waals surface area contributed by atoms with E-state index in [0.717, 1.165) is 6.07 Å². The molecule has 0 aliphatic carbocycles. The van der Waals surface area contributed by atoms with Crippen molar-refractivity contribution in [2.75, 3.05) is 18.8 Å². The van der Waals surface area contributed by atoms with Gasteiger partial charge in [-0.3, -0.25) is 14.6 Å². The molecule has 2 amide bonds. The molecule has 0 spiro atoms. The number of nitrogen functional groups attached to an aromatic ring is 1. The molecule has 1 aliphatic heterocycles. The number of anilines is 1. The van der Waals surface area contributed by atoms with Crippen LogP contribution in [-0.4, -0.2) is 45.4 Å². The van der Waals surface area contributed by atoms with Crippen LogP contribution < -0.4 is 11.1 Å². The van der Waals surface area contributed by atoms with Crippen LogP contribution in [0.15, 0.2) is 65.4 Å². The summed E-state index contributed by atoms with van der Waals surface area (Å²) in [6, 6.07) is 10.0. The number of rotatable bonds is 6. The van der Waals surface area contributed by atoms with Crippen molar-refractivity contribution in [2.45, 2.75) is 31.7 Å². The molecule has 0 radical (unpaired) electrons. The molecule has 8 nitrogen and oxygen atoms in total. The quantitative estimate of drug-likeness (QED) is 0.238. The second-order valence-electron chi connectivity index (χ2n) is 10.0. The highest BCUT2D eigenvalue weighted by molar-refractivity contribution is 5.95. The molecule has 1 aliphatic rings. The van der Waals surface area contributed by atoms with E-state index in [9.17, 15) is 27.2 Å². The molecule has 41 heavy (non-hydrogen) atoms. The Morgan fingerprint density at radius 1 is 1.15 bits per heavy atom. The Bertz CT molecular complexity index is 1630. The number of nitrogens with zero attached hydrogens (tertiary/aromatic N) is 3. The van der Waals surface area contributed by atoms with E-state index in [1.54, 1.807) is 12.1 Å². The number of pyridine rings is 2. The number of carbonyl (C=O) groups excluding carboxylic acids is 2. The lowest BCUT2D eigenvalue weighted by molar-refractivity contribution is -0.136. The first kappa shape index (κ1) is 27.8. The number of nitrogens with one attached hydrogen (secondary N) is 1. The number of amides is 2. The number of fused-ring (bicyclic) bond motifs is 1. The average molecular weight is 568 g/mol. The molecule has 1 aromatic carbocycles. The number of likely N-dealkylation sites (tertiary alicyclic amines) is 1. The smallest absolute Gasteiger partial charge is 0.420 e. The van der Waals surface area contributed by atoms with Gasteiger partial charge in [0.05, 0.1) is 29.9 Å². The zero-order valence-corrected chi connectivity index (χ0v) is 21.8. The van der Waals surface area contributed by atoms with Crippen molar-refractivity contribution in [2.24, 2.45) is 0 Å². The fourth-order valence-electron chi connectivity index (χ4n) is 4.54. The lowest BCUT2D eigenvalue weighted by Gasteiger charge is -2.17. The van der Waals surface area contributed by atoms with Crippen molar-refractivity contribution < 1.29 is 31.6 Å². The first-order valence-electron chi connectivity index (χ1n) is 12.6. The predicted molar refractivity (Wildman–Crippen MR) is 144 cm³/mol. The predicted octanol–water partition coefficient (Wildman–Crippen LogP) is 5.39. The van der Waals surface area contributed by atoms with Crippen LogP contribution in [0.25, 0.3) is 28.3 Å². The van der Waals surface area contributed by atoms with Gasteiger partial charge in [-0.2, -0.15) is 13.2 Å². The molecule has 4 aromatic rings. The third kappa shape index (κ3) is 6.37. The Balaban J connectivity index is 1.34. The molecule has 4 heterocycles. The Morgan fingerprint density at radius 3 is 2.59 bits per heavy atom. The van der Waals surface area contributed by atoms with Crippen molar-refractivity contribution in [1.82, 2.24) is 20.2 Å². The normalized spacial score (nSPS) is 17.4. The van der Waals surface area contributed by atoms with Crippen molar-refractivity contribution in [1.29, 1.82) is 0 Å². The van der Waals surface area contributed by atoms with Crippen LogP contribution in [0.2, 0.25) is 0 Å². The summed E-state index contributed by atoms with van der Waals surface area (Å²) in [6.45, 7) is 1.54. The number of hydrogen-bond donors (Lipinski definition) is 2. The molecule has 212 valence electrons. The summed E-state index contributed by atoms with van der Waals surface area (Å²) in [5.41, 5.74) is 3.94. The van der Waals surface area contributed by atoms with Crippen LogP contribution in [0.1, 0.15) is 40.6 Å². The number of furan rings is 1. The zero-order valence-electron chi connectivity index (χ0n) is 21.8. The van der Waals surface area contributed by atoms with E-state index >= 15 is 0 Å². The topological polar surface area (TPSA) is 114 Å². The van der Waals surface area contributed by atoms with E-state index in [1.165, 1.54) is 60.6 Å². The van der Waals surface area contributed by atoms with Gasteiger partial charge in [0.25, 0.3) is 5.91 Å². The van der Waals surface area contributed by atoms with Gasteiger partial charge >= 0.3 is 6.18 Å². The molecule has 0 unspecified atom stereocenters. The Labute approximate surface area is 231 Å². The van der Waals surface area contributed by atoms with Crippen LogP contribution in [0, 0.1) is 0 Å². The van der Waals surface area contributed by atoms with Crippen molar-refractivity contribution in [3.05, 3.63) is 83.4 Å². The number of aromatic nitrogens is 2. The number of nitrogens with two attached hydrogens (primary N) is 1. The van der Waals surface area contributed by atoms with E-state index in [4.69, 9.17) is 10.2 Å². The van der Waals surface area contributed by atoms with E-state index in [-0.39, 0.29) is 59.6 Å². The van der Waals surface area contributed by atoms with Crippen LogP contribution in [0.4, 0.5) is 23.4 Å².